The minimum Gasteiger partial charge on any atom is -0.490 e. The molecule has 1 heterocycles. The number of ether oxygens (including phenoxy) is 2. The van der Waals surface area contributed by atoms with Crippen molar-refractivity contribution >= 4 is 5.84 Å². The summed E-state index contributed by atoms with van der Waals surface area (Å²) >= 11 is 0. The van der Waals surface area contributed by atoms with Crippen LogP contribution in [-0.2, 0) is 0 Å². The fourth-order valence-electron chi connectivity index (χ4n) is 3.12. The normalized spacial score (nSPS) is 13.9. The summed E-state index contributed by atoms with van der Waals surface area (Å²) in [5.74, 6) is 2.71. The van der Waals surface area contributed by atoms with Gasteiger partial charge in [-0.25, -0.2) is 0 Å². The largest absolute Gasteiger partial charge is 0.490 e. The third-order valence-corrected chi connectivity index (χ3v) is 4.57. The Morgan fingerprint density at radius 2 is 1.72 bits per heavy atom. The first-order valence-corrected chi connectivity index (χ1v) is 9.91. The number of benzene rings is 1. The van der Waals surface area contributed by atoms with Crippen LogP contribution in [0.25, 0.3) is 0 Å². The van der Waals surface area contributed by atoms with E-state index in [4.69, 9.17) is 9.47 Å². The average molecular weight is 347 g/mol. The molecule has 1 aromatic rings. The molecule has 0 aliphatic carbocycles. The van der Waals surface area contributed by atoms with Crippen LogP contribution in [0.4, 0.5) is 0 Å². The zero-order valence-corrected chi connectivity index (χ0v) is 16.2. The second-order valence-electron chi connectivity index (χ2n) is 6.69. The fraction of sp³-hybridized carbons (Fsp3) is 0.667. The Bertz CT molecular complexity index is 543. The molecule has 1 aliphatic rings. The van der Waals surface area contributed by atoms with E-state index in [0.717, 1.165) is 49.0 Å². The Hall–Kier alpha value is -1.71. The lowest BCUT2D eigenvalue weighted by atomic mass is 10.1. The van der Waals surface area contributed by atoms with Gasteiger partial charge >= 0.3 is 0 Å². The SMILES string of the molecule is CCCCCCCCCOc1ccc(C2=NCCN2C)cc1OCC. The summed E-state index contributed by atoms with van der Waals surface area (Å²) in [5, 5.41) is 0. The second kappa shape index (κ2) is 11.0. The Morgan fingerprint density at radius 1 is 0.960 bits per heavy atom. The molecule has 4 heteroatoms. The van der Waals surface area contributed by atoms with Gasteiger partial charge < -0.3 is 14.4 Å². The van der Waals surface area contributed by atoms with Gasteiger partial charge in [0.25, 0.3) is 0 Å². The molecule has 0 atom stereocenters. The molecule has 0 spiro atoms. The smallest absolute Gasteiger partial charge is 0.161 e. The molecular weight excluding hydrogens is 312 g/mol. The number of amidine groups is 1. The number of rotatable bonds is 12. The summed E-state index contributed by atoms with van der Waals surface area (Å²) in [6.07, 6.45) is 9.05. The number of nitrogens with zero attached hydrogens (tertiary/aromatic N) is 2. The molecule has 0 fully saturated rings. The van der Waals surface area contributed by atoms with E-state index in [1.54, 1.807) is 0 Å². The number of likely N-dealkylation sites (N-methyl/N-ethyl adjacent to an activating group) is 1. The molecule has 0 amide bonds. The molecule has 0 saturated heterocycles. The summed E-state index contributed by atoms with van der Waals surface area (Å²) in [5.41, 5.74) is 1.10. The predicted octanol–water partition coefficient (Wildman–Crippen LogP) is 4.91. The van der Waals surface area contributed by atoms with Crippen LogP contribution >= 0.6 is 0 Å². The Balaban J connectivity index is 1.83. The average Bonchev–Trinajstić information content (AvgIpc) is 3.04. The quantitative estimate of drug-likeness (QED) is 0.504. The van der Waals surface area contributed by atoms with Gasteiger partial charge in [0, 0.05) is 19.2 Å². The van der Waals surface area contributed by atoms with Gasteiger partial charge in [-0.1, -0.05) is 45.4 Å². The maximum atomic E-state index is 5.98. The molecule has 1 aliphatic heterocycles. The summed E-state index contributed by atoms with van der Waals surface area (Å²) in [6.45, 7) is 7.51. The molecule has 0 bridgehead atoms. The first-order valence-electron chi connectivity index (χ1n) is 9.91. The third-order valence-electron chi connectivity index (χ3n) is 4.57. The van der Waals surface area contributed by atoms with Crippen LogP contribution in [0, 0.1) is 0 Å². The van der Waals surface area contributed by atoms with Gasteiger partial charge in [0.2, 0.25) is 0 Å². The van der Waals surface area contributed by atoms with Gasteiger partial charge in [0.05, 0.1) is 19.8 Å². The van der Waals surface area contributed by atoms with E-state index in [0.29, 0.717) is 6.61 Å². The predicted molar refractivity (Wildman–Crippen MR) is 105 cm³/mol. The van der Waals surface area contributed by atoms with Crippen molar-refractivity contribution in [3.05, 3.63) is 23.8 Å². The lowest BCUT2D eigenvalue weighted by molar-refractivity contribution is 0.270. The second-order valence-corrected chi connectivity index (χ2v) is 6.69. The molecule has 0 unspecified atom stereocenters. The lowest BCUT2D eigenvalue weighted by Gasteiger charge is -2.17. The van der Waals surface area contributed by atoms with Gasteiger partial charge in [-0.2, -0.15) is 0 Å². The van der Waals surface area contributed by atoms with Crippen molar-refractivity contribution in [2.24, 2.45) is 4.99 Å². The maximum Gasteiger partial charge on any atom is 0.161 e. The van der Waals surface area contributed by atoms with E-state index in [1.807, 2.05) is 13.0 Å². The molecule has 2 rings (SSSR count). The van der Waals surface area contributed by atoms with E-state index in [9.17, 15) is 0 Å². The Labute approximate surface area is 153 Å². The molecule has 0 N–H and O–H groups in total. The van der Waals surface area contributed by atoms with Crippen LogP contribution in [0.15, 0.2) is 23.2 Å². The highest BCUT2D eigenvalue weighted by Gasteiger charge is 2.16. The molecule has 0 saturated carbocycles. The van der Waals surface area contributed by atoms with E-state index in [-0.39, 0.29) is 0 Å². The standard InChI is InChI=1S/C21H34N2O2/c1-4-6-7-8-9-10-11-16-25-19-13-12-18(17-20(19)24-5-2)21-22-14-15-23(21)3/h12-13,17H,4-11,14-16H2,1-3H3. The van der Waals surface area contributed by atoms with Crippen molar-refractivity contribution in [1.82, 2.24) is 4.90 Å². The minimum atomic E-state index is 0.638. The van der Waals surface area contributed by atoms with Crippen LogP contribution < -0.4 is 9.47 Å². The van der Waals surface area contributed by atoms with Gasteiger partial charge in [-0.05, 0) is 31.5 Å². The van der Waals surface area contributed by atoms with Crippen molar-refractivity contribution in [2.45, 2.75) is 58.8 Å². The molecule has 1 aromatic carbocycles. The van der Waals surface area contributed by atoms with Crippen molar-refractivity contribution in [3.63, 3.8) is 0 Å². The molecular formula is C21H34N2O2. The maximum absolute atomic E-state index is 5.98. The van der Waals surface area contributed by atoms with Crippen molar-refractivity contribution < 1.29 is 9.47 Å². The van der Waals surface area contributed by atoms with E-state index < -0.39 is 0 Å². The lowest BCUT2D eigenvalue weighted by Crippen LogP contribution is -2.23. The van der Waals surface area contributed by atoms with E-state index in [2.05, 4.69) is 36.0 Å². The highest BCUT2D eigenvalue weighted by Crippen LogP contribution is 2.30. The van der Waals surface area contributed by atoms with Crippen molar-refractivity contribution in [3.8, 4) is 11.5 Å². The zero-order valence-electron chi connectivity index (χ0n) is 16.2. The van der Waals surface area contributed by atoms with Crippen LogP contribution in [0.1, 0.15) is 64.4 Å². The molecule has 0 radical (unpaired) electrons. The van der Waals surface area contributed by atoms with Crippen LogP contribution in [0.2, 0.25) is 0 Å². The van der Waals surface area contributed by atoms with Crippen molar-refractivity contribution in [2.75, 3.05) is 33.4 Å². The number of unbranched alkanes of at least 4 members (excludes halogenated alkanes) is 6. The van der Waals surface area contributed by atoms with Crippen LogP contribution in [-0.4, -0.2) is 44.1 Å². The minimum absolute atomic E-state index is 0.638. The summed E-state index contributed by atoms with van der Waals surface area (Å²) in [6, 6.07) is 6.17. The summed E-state index contributed by atoms with van der Waals surface area (Å²) < 4.78 is 11.8. The monoisotopic (exact) mass is 346 g/mol. The molecule has 4 nitrogen and oxygen atoms in total. The molecule has 0 aromatic heterocycles. The highest BCUT2D eigenvalue weighted by molar-refractivity contribution is 6.00. The summed E-state index contributed by atoms with van der Waals surface area (Å²) in [4.78, 5) is 6.77. The fourth-order valence-corrected chi connectivity index (χ4v) is 3.12. The third kappa shape index (κ3) is 6.26. The highest BCUT2D eigenvalue weighted by atomic mass is 16.5. The zero-order chi connectivity index (χ0) is 17.9. The first-order chi connectivity index (χ1) is 12.3. The topological polar surface area (TPSA) is 34.1 Å². The van der Waals surface area contributed by atoms with E-state index in [1.165, 1.54) is 38.5 Å². The molecule has 140 valence electrons. The Morgan fingerprint density at radius 3 is 2.40 bits per heavy atom. The number of hydrogen-bond acceptors (Lipinski definition) is 4. The van der Waals surface area contributed by atoms with Crippen LogP contribution in [0.3, 0.4) is 0 Å². The van der Waals surface area contributed by atoms with E-state index >= 15 is 0 Å². The van der Waals surface area contributed by atoms with Gasteiger partial charge in [0.15, 0.2) is 11.5 Å². The van der Waals surface area contributed by atoms with Gasteiger partial charge in [0.1, 0.15) is 5.84 Å². The van der Waals surface area contributed by atoms with Gasteiger partial charge in [-0.3, -0.25) is 4.99 Å². The van der Waals surface area contributed by atoms with Crippen LogP contribution in [0.5, 0.6) is 11.5 Å². The van der Waals surface area contributed by atoms with Crippen molar-refractivity contribution in [1.29, 1.82) is 0 Å². The number of aliphatic imine (C=N–C) groups is 1. The summed E-state index contributed by atoms with van der Waals surface area (Å²) in [7, 11) is 2.08. The Kier molecular flexibility index (Phi) is 8.64. The van der Waals surface area contributed by atoms with Gasteiger partial charge in [-0.15, -0.1) is 0 Å². The first kappa shape index (κ1) is 19.6. The number of hydrogen-bond donors (Lipinski definition) is 0. The molecule has 25 heavy (non-hydrogen) atoms.